The van der Waals surface area contributed by atoms with Gasteiger partial charge in [-0.25, -0.2) is 9.59 Å². The molecular weight excluding hydrogens is 651 g/mol. The molecule has 1 fully saturated rings. The first-order valence-corrected chi connectivity index (χ1v) is 18.1. The number of likely N-dealkylation sites (tertiary alicyclic amines) is 1. The molecule has 9 heteroatoms. The summed E-state index contributed by atoms with van der Waals surface area (Å²) in [5.41, 5.74) is 7.50. The largest absolute Gasteiger partial charge is 0.461 e. The Labute approximate surface area is 303 Å². The van der Waals surface area contributed by atoms with Crippen molar-refractivity contribution in [1.82, 2.24) is 24.5 Å². The van der Waals surface area contributed by atoms with Gasteiger partial charge in [0, 0.05) is 30.4 Å². The van der Waals surface area contributed by atoms with Crippen LogP contribution in [0.2, 0.25) is 0 Å². The number of hydrogen-bond acceptors (Lipinski definition) is 6. The lowest BCUT2D eigenvalue weighted by Gasteiger charge is -2.36. The van der Waals surface area contributed by atoms with Gasteiger partial charge in [-0.3, -0.25) is 9.36 Å². The minimum absolute atomic E-state index is 0.0356. The van der Waals surface area contributed by atoms with Crippen LogP contribution in [0.3, 0.4) is 0 Å². The first-order valence-electron chi connectivity index (χ1n) is 18.1. The second kappa shape index (κ2) is 14.3. The van der Waals surface area contributed by atoms with Crippen LogP contribution in [0.4, 0.5) is 4.79 Å². The molecule has 1 aliphatic carbocycles. The third-order valence-electron chi connectivity index (χ3n) is 10.3. The summed E-state index contributed by atoms with van der Waals surface area (Å²) in [4.78, 5) is 28.2. The van der Waals surface area contributed by atoms with Crippen molar-refractivity contribution in [3.05, 3.63) is 167 Å². The van der Waals surface area contributed by atoms with Gasteiger partial charge in [0.15, 0.2) is 5.69 Å². The van der Waals surface area contributed by atoms with Gasteiger partial charge in [0.25, 0.3) is 0 Å². The number of fused-ring (bicyclic) bond motifs is 3. The summed E-state index contributed by atoms with van der Waals surface area (Å²) in [6.07, 6.45) is 4.44. The number of hydrogen-bond donors (Lipinski definition) is 0. The summed E-state index contributed by atoms with van der Waals surface area (Å²) in [5.74, 6) is -0.414. The van der Waals surface area contributed by atoms with E-state index in [1.54, 1.807) is 4.90 Å². The van der Waals surface area contributed by atoms with Crippen molar-refractivity contribution < 1.29 is 19.1 Å². The third-order valence-corrected chi connectivity index (χ3v) is 10.3. The lowest BCUT2D eigenvalue weighted by molar-refractivity contribution is 0.0516. The SMILES string of the molecule is CCOC(=O)c1nn(C2CCN(C(=O)OCc3ccccc3)CC2)c2c1CCc1nn(C(c3ccccc3)(c3ccccc3)c3ccccc3)cc1-2. The molecule has 0 atom stereocenters. The van der Waals surface area contributed by atoms with Crippen LogP contribution in [0.25, 0.3) is 11.3 Å². The van der Waals surface area contributed by atoms with Gasteiger partial charge in [0.2, 0.25) is 0 Å². The van der Waals surface area contributed by atoms with E-state index >= 15 is 0 Å². The molecule has 1 aliphatic heterocycles. The Hall–Kier alpha value is -5.96. The lowest BCUT2D eigenvalue weighted by atomic mass is 9.77. The maximum absolute atomic E-state index is 13.4. The van der Waals surface area contributed by atoms with E-state index in [1.165, 1.54) is 0 Å². The van der Waals surface area contributed by atoms with Gasteiger partial charge in [-0.05, 0) is 54.9 Å². The van der Waals surface area contributed by atoms with Crippen LogP contribution in [0.5, 0.6) is 0 Å². The smallest absolute Gasteiger partial charge is 0.410 e. The minimum Gasteiger partial charge on any atom is -0.461 e. The number of nitrogens with zero attached hydrogens (tertiary/aromatic N) is 5. The van der Waals surface area contributed by atoms with Gasteiger partial charge in [0.05, 0.1) is 24.0 Å². The topological polar surface area (TPSA) is 91.5 Å². The quantitative estimate of drug-likeness (QED) is 0.113. The highest BCUT2D eigenvalue weighted by molar-refractivity contribution is 5.92. The molecule has 52 heavy (non-hydrogen) atoms. The summed E-state index contributed by atoms with van der Waals surface area (Å²) in [7, 11) is 0. The predicted octanol–water partition coefficient (Wildman–Crippen LogP) is 7.84. The number of carbonyl (C=O) groups excluding carboxylic acids is 2. The lowest BCUT2D eigenvalue weighted by Crippen LogP contribution is -2.39. The minimum atomic E-state index is -0.776. The Morgan fingerprint density at radius 3 is 1.85 bits per heavy atom. The molecule has 1 saturated heterocycles. The van der Waals surface area contributed by atoms with E-state index in [-0.39, 0.29) is 25.3 Å². The number of amides is 1. The van der Waals surface area contributed by atoms with Crippen molar-refractivity contribution in [1.29, 1.82) is 0 Å². The molecule has 2 aliphatic rings. The Balaban J connectivity index is 1.19. The zero-order valence-corrected chi connectivity index (χ0v) is 29.2. The first-order chi connectivity index (χ1) is 25.6. The fourth-order valence-corrected chi connectivity index (χ4v) is 7.86. The molecule has 2 aromatic heterocycles. The Morgan fingerprint density at radius 2 is 1.29 bits per heavy atom. The summed E-state index contributed by atoms with van der Waals surface area (Å²) in [5, 5.41) is 10.4. The number of esters is 1. The summed E-state index contributed by atoms with van der Waals surface area (Å²) in [6.45, 7) is 3.35. The fraction of sp³-hybridized carbons (Fsp3) is 0.256. The maximum Gasteiger partial charge on any atom is 0.410 e. The van der Waals surface area contributed by atoms with E-state index in [0.717, 1.165) is 44.8 Å². The summed E-state index contributed by atoms with van der Waals surface area (Å²) >= 11 is 0. The molecule has 0 bridgehead atoms. The standard InChI is InChI=1S/C43H41N5O4/c1-2-51-41(49)39-36-23-24-38-37(40(36)48(45-39)35-25-27-46(28-26-35)42(50)52-30-31-15-7-3-8-16-31)29-47(44-38)43(32-17-9-4-10-18-32,33-19-11-5-12-20-33)34-21-13-6-14-22-34/h3-22,29,35H,2,23-28,30H2,1H3. The zero-order valence-electron chi connectivity index (χ0n) is 29.2. The number of aryl methyl sites for hydroxylation is 1. The van der Waals surface area contributed by atoms with Crippen LogP contribution in [0, 0.1) is 0 Å². The van der Waals surface area contributed by atoms with Gasteiger partial charge >= 0.3 is 12.1 Å². The van der Waals surface area contributed by atoms with E-state index in [2.05, 4.69) is 83.7 Å². The molecule has 0 unspecified atom stereocenters. The highest BCUT2D eigenvalue weighted by Crippen LogP contribution is 2.44. The Morgan fingerprint density at radius 1 is 0.731 bits per heavy atom. The summed E-state index contributed by atoms with van der Waals surface area (Å²) < 4.78 is 15.3. The van der Waals surface area contributed by atoms with E-state index in [4.69, 9.17) is 19.7 Å². The number of benzene rings is 4. The molecule has 1 amide bonds. The molecule has 0 N–H and O–H groups in total. The second-order valence-electron chi connectivity index (χ2n) is 13.3. The van der Waals surface area contributed by atoms with Gasteiger partial charge in [0.1, 0.15) is 12.1 Å². The normalized spacial score (nSPS) is 14.4. The van der Waals surface area contributed by atoms with E-state index < -0.39 is 11.5 Å². The molecule has 262 valence electrons. The average Bonchev–Trinajstić information content (AvgIpc) is 3.82. The number of piperidine rings is 1. The van der Waals surface area contributed by atoms with Crippen LogP contribution in [0.15, 0.2) is 128 Å². The van der Waals surface area contributed by atoms with E-state index in [9.17, 15) is 9.59 Å². The molecule has 8 rings (SSSR count). The molecule has 0 radical (unpaired) electrons. The van der Waals surface area contributed by atoms with Gasteiger partial charge in [-0.1, -0.05) is 121 Å². The molecule has 4 aromatic carbocycles. The van der Waals surface area contributed by atoms with Crippen molar-refractivity contribution in [3.8, 4) is 11.3 Å². The van der Waals surface area contributed by atoms with Crippen molar-refractivity contribution in [2.75, 3.05) is 19.7 Å². The predicted molar refractivity (Wildman–Crippen MR) is 198 cm³/mol. The maximum atomic E-state index is 13.4. The average molecular weight is 692 g/mol. The van der Waals surface area contributed by atoms with Crippen LogP contribution in [-0.2, 0) is 34.5 Å². The van der Waals surface area contributed by atoms with Crippen molar-refractivity contribution in [3.63, 3.8) is 0 Å². The van der Waals surface area contributed by atoms with Crippen molar-refractivity contribution in [2.24, 2.45) is 0 Å². The molecule has 9 nitrogen and oxygen atoms in total. The number of rotatable bonds is 9. The molecule has 6 aromatic rings. The third kappa shape index (κ3) is 5.96. The zero-order chi connectivity index (χ0) is 35.5. The molecule has 0 saturated carbocycles. The van der Waals surface area contributed by atoms with Gasteiger partial charge in [-0.2, -0.15) is 10.2 Å². The van der Waals surface area contributed by atoms with Crippen LogP contribution in [-0.4, -0.2) is 56.2 Å². The second-order valence-corrected chi connectivity index (χ2v) is 13.3. The molecular formula is C43H41N5O4. The molecule has 0 spiro atoms. The number of aromatic nitrogens is 4. The van der Waals surface area contributed by atoms with E-state index in [1.807, 2.05) is 60.1 Å². The number of carbonyl (C=O) groups is 2. The monoisotopic (exact) mass is 691 g/mol. The van der Waals surface area contributed by atoms with Crippen molar-refractivity contribution >= 4 is 12.1 Å². The van der Waals surface area contributed by atoms with Crippen LogP contribution >= 0.6 is 0 Å². The number of ether oxygens (including phenoxy) is 2. The Kier molecular flexibility index (Phi) is 9.16. The summed E-state index contributed by atoms with van der Waals surface area (Å²) in [6, 6.07) is 41.2. The van der Waals surface area contributed by atoms with E-state index in [0.29, 0.717) is 44.5 Å². The highest BCUT2D eigenvalue weighted by atomic mass is 16.6. The fourth-order valence-electron chi connectivity index (χ4n) is 7.86. The molecule has 3 heterocycles. The van der Waals surface area contributed by atoms with Crippen LogP contribution in [0.1, 0.15) is 69.8 Å². The van der Waals surface area contributed by atoms with Gasteiger partial charge < -0.3 is 14.4 Å². The van der Waals surface area contributed by atoms with Crippen molar-refractivity contribution in [2.45, 2.75) is 50.8 Å². The van der Waals surface area contributed by atoms with Gasteiger partial charge in [-0.15, -0.1) is 0 Å². The van der Waals surface area contributed by atoms with Crippen LogP contribution < -0.4 is 0 Å². The Bertz CT molecular complexity index is 2060. The first kappa shape index (κ1) is 33.2. The highest BCUT2D eigenvalue weighted by Gasteiger charge is 2.42.